The van der Waals surface area contributed by atoms with Crippen LogP contribution < -0.4 is 9.50 Å². The topological polar surface area (TPSA) is 108 Å². The van der Waals surface area contributed by atoms with Gasteiger partial charge in [-0.2, -0.15) is 21.6 Å². The number of carbonyl (C=O) groups excluding carboxylic acids is 2. The highest BCUT2D eigenvalue weighted by Crippen LogP contribution is 2.27. The van der Waals surface area contributed by atoms with Gasteiger partial charge in [-0.15, -0.1) is 0 Å². The number of ether oxygens (including phenoxy) is 2. The van der Waals surface area contributed by atoms with E-state index in [9.17, 15) is 31.2 Å². The minimum absolute atomic E-state index is 0.00565. The minimum Gasteiger partial charge on any atom is -0.465 e. The summed E-state index contributed by atoms with van der Waals surface area (Å²) in [5, 5.41) is 3.00. The van der Waals surface area contributed by atoms with Gasteiger partial charge in [-0.05, 0) is 48.9 Å². The van der Waals surface area contributed by atoms with Gasteiger partial charge in [0.25, 0.3) is 0 Å². The molecule has 0 amide bonds. The molecule has 0 fully saturated rings. The average Bonchev–Trinajstić information content (AvgIpc) is 2.82. The molecule has 2 aromatic carbocycles. The lowest BCUT2D eigenvalue weighted by Crippen LogP contribution is -2.50. The quantitative estimate of drug-likeness (QED) is 0.227. The normalized spacial score (nSPS) is 13.6. The molecule has 12 heteroatoms. The molecule has 0 saturated heterocycles. The molecule has 204 valence electrons. The van der Waals surface area contributed by atoms with Crippen molar-refractivity contribution in [3.63, 3.8) is 0 Å². The molecule has 2 rings (SSSR count). The van der Waals surface area contributed by atoms with Crippen LogP contribution in [0.25, 0.3) is 0 Å². The van der Waals surface area contributed by atoms with Crippen LogP contribution >= 0.6 is 0 Å². The van der Waals surface area contributed by atoms with E-state index in [0.717, 1.165) is 17.7 Å². The van der Waals surface area contributed by atoms with E-state index in [0.29, 0.717) is 12.0 Å². The number of alkyl halides is 3. The summed E-state index contributed by atoms with van der Waals surface area (Å²) in [5.41, 5.74) is -4.30. The Labute approximate surface area is 214 Å². The Morgan fingerprint density at radius 2 is 1.49 bits per heavy atom. The van der Waals surface area contributed by atoms with E-state index in [1.54, 1.807) is 6.92 Å². The minimum atomic E-state index is -5.81. The molecule has 0 aliphatic rings. The monoisotopic (exact) mass is 545 g/mol. The largest absolute Gasteiger partial charge is 0.534 e. The van der Waals surface area contributed by atoms with Gasteiger partial charge in [0.05, 0.1) is 6.61 Å². The summed E-state index contributed by atoms with van der Waals surface area (Å²) in [6.07, 6.45) is 0.372. The first-order valence-corrected chi connectivity index (χ1v) is 13.0. The molecule has 0 unspecified atom stereocenters. The predicted molar refractivity (Wildman–Crippen MR) is 129 cm³/mol. The maximum absolute atomic E-state index is 12.9. The molecule has 2 aromatic rings. The molecule has 0 bridgehead atoms. The number of benzene rings is 2. The Hall–Kier alpha value is -3.12. The molecule has 8 nitrogen and oxygen atoms in total. The number of rotatable bonds is 13. The fourth-order valence-electron chi connectivity index (χ4n) is 3.32. The van der Waals surface area contributed by atoms with Gasteiger partial charge in [-0.25, -0.2) is 0 Å². The SMILES string of the molecule is CCOC(=O)[C@H](Cc1ccc(OS(=O)(=O)C(F)(F)F)cc1)N[C@@H](CC(C)C)C(=O)OCc1ccccc1. The molecule has 2 atom stereocenters. The smallest absolute Gasteiger partial charge is 0.465 e. The van der Waals surface area contributed by atoms with E-state index in [1.165, 1.54) is 12.1 Å². The van der Waals surface area contributed by atoms with Crippen molar-refractivity contribution in [1.29, 1.82) is 0 Å². The van der Waals surface area contributed by atoms with Gasteiger partial charge in [0, 0.05) is 0 Å². The van der Waals surface area contributed by atoms with Crippen molar-refractivity contribution in [3.05, 3.63) is 65.7 Å². The lowest BCUT2D eigenvalue weighted by Gasteiger charge is -2.25. The van der Waals surface area contributed by atoms with Gasteiger partial charge < -0.3 is 13.7 Å². The van der Waals surface area contributed by atoms with Gasteiger partial charge in [0.2, 0.25) is 0 Å². The predicted octanol–water partition coefficient (Wildman–Crippen LogP) is 4.14. The summed E-state index contributed by atoms with van der Waals surface area (Å²) >= 11 is 0. The van der Waals surface area contributed by atoms with E-state index < -0.39 is 45.4 Å². The maximum atomic E-state index is 12.9. The van der Waals surface area contributed by atoms with Crippen molar-refractivity contribution in [2.24, 2.45) is 5.92 Å². The summed E-state index contributed by atoms with van der Waals surface area (Å²) in [6.45, 7) is 5.59. The van der Waals surface area contributed by atoms with Gasteiger partial charge in [0.1, 0.15) is 24.4 Å². The number of esters is 2. The maximum Gasteiger partial charge on any atom is 0.534 e. The zero-order chi connectivity index (χ0) is 27.6. The number of hydrogen-bond donors (Lipinski definition) is 1. The molecule has 1 N–H and O–H groups in total. The van der Waals surface area contributed by atoms with Crippen LogP contribution in [0.2, 0.25) is 0 Å². The Bertz CT molecular complexity index is 1120. The Kier molecular flexibility index (Phi) is 10.9. The number of hydrogen-bond acceptors (Lipinski definition) is 8. The molecule has 37 heavy (non-hydrogen) atoms. The number of halogens is 3. The number of carbonyl (C=O) groups is 2. The highest BCUT2D eigenvalue weighted by molar-refractivity contribution is 7.88. The number of nitrogens with one attached hydrogen (secondary N) is 1. The first kappa shape index (κ1) is 30.1. The summed E-state index contributed by atoms with van der Waals surface area (Å²) < 4.78 is 74.7. The lowest BCUT2D eigenvalue weighted by atomic mass is 10.0. The van der Waals surface area contributed by atoms with E-state index in [2.05, 4.69) is 9.50 Å². The van der Waals surface area contributed by atoms with Crippen LogP contribution in [-0.2, 0) is 42.2 Å². The Morgan fingerprint density at radius 3 is 2.03 bits per heavy atom. The van der Waals surface area contributed by atoms with E-state index >= 15 is 0 Å². The van der Waals surface area contributed by atoms with E-state index in [4.69, 9.17) is 9.47 Å². The van der Waals surface area contributed by atoms with Gasteiger partial charge in [-0.3, -0.25) is 14.9 Å². The van der Waals surface area contributed by atoms with Crippen LogP contribution in [0.4, 0.5) is 13.2 Å². The molecular formula is C25H30F3NO7S. The fraction of sp³-hybridized carbons (Fsp3) is 0.440. The van der Waals surface area contributed by atoms with Crippen molar-refractivity contribution in [2.75, 3.05) is 6.61 Å². The first-order chi connectivity index (χ1) is 17.3. The van der Waals surface area contributed by atoms with Crippen molar-refractivity contribution >= 4 is 22.1 Å². The Morgan fingerprint density at radius 1 is 0.892 bits per heavy atom. The van der Waals surface area contributed by atoms with E-state index in [-0.39, 0.29) is 25.6 Å². The average molecular weight is 546 g/mol. The molecule has 0 heterocycles. The standard InChI is InChI=1S/C25H30F3NO7S/c1-4-34-23(30)22(15-18-10-12-20(13-11-18)36-37(32,33)25(26,27)28)29-21(14-17(2)3)24(31)35-16-19-8-6-5-7-9-19/h5-13,17,21-22,29H,4,14-16H2,1-3H3/t21-,22-/m0/s1. The van der Waals surface area contributed by atoms with Crippen LogP contribution in [0.15, 0.2) is 54.6 Å². The van der Waals surface area contributed by atoms with Gasteiger partial charge in [0.15, 0.2) is 0 Å². The summed E-state index contributed by atoms with van der Waals surface area (Å²) in [6, 6.07) is 12.0. The molecule has 0 saturated carbocycles. The van der Waals surface area contributed by atoms with Crippen LogP contribution in [0.3, 0.4) is 0 Å². The second-order valence-corrected chi connectivity index (χ2v) is 10.1. The van der Waals surface area contributed by atoms with Crippen LogP contribution in [0, 0.1) is 5.92 Å². The second kappa shape index (κ2) is 13.4. The molecule has 0 radical (unpaired) electrons. The fourth-order valence-corrected chi connectivity index (χ4v) is 3.78. The third kappa shape index (κ3) is 9.69. The molecule has 0 spiro atoms. The van der Waals surface area contributed by atoms with Crippen molar-refractivity contribution < 1.29 is 44.8 Å². The van der Waals surface area contributed by atoms with Crippen molar-refractivity contribution in [3.8, 4) is 5.75 Å². The van der Waals surface area contributed by atoms with Crippen molar-refractivity contribution in [2.45, 2.75) is 57.8 Å². The Balaban J connectivity index is 2.16. The van der Waals surface area contributed by atoms with E-state index in [1.807, 2.05) is 44.2 Å². The summed E-state index contributed by atoms with van der Waals surface area (Å²) in [4.78, 5) is 25.5. The third-order valence-electron chi connectivity index (χ3n) is 5.04. The third-order valence-corrected chi connectivity index (χ3v) is 6.02. The second-order valence-electron chi connectivity index (χ2n) is 8.58. The van der Waals surface area contributed by atoms with Gasteiger partial charge in [-0.1, -0.05) is 56.3 Å². The van der Waals surface area contributed by atoms with Crippen LogP contribution in [0.1, 0.15) is 38.3 Å². The first-order valence-electron chi connectivity index (χ1n) is 11.5. The molecule has 0 aliphatic heterocycles. The lowest BCUT2D eigenvalue weighted by molar-refractivity contribution is -0.150. The molecule has 0 aromatic heterocycles. The zero-order valence-corrected chi connectivity index (χ0v) is 21.5. The van der Waals surface area contributed by atoms with Gasteiger partial charge >= 0.3 is 27.6 Å². The van der Waals surface area contributed by atoms with Crippen LogP contribution in [0.5, 0.6) is 5.75 Å². The molecular weight excluding hydrogens is 515 g/mol. The summed E-state index contributed by atoms with van der Waals surface area (Å²) in [7, 11) is -5.81. The van der Waals surface area contributed by atoms with Crippen LogP contribution in [-0.4, -0.2) is 44.6 Å². The highest BCUT2D eigenvalue weighted by atomic mass is 32.2. The highest BCUT2D eigenvalue weighted by Gasteiger charge is 2.48. The summed E-state index contributed by atoms with van der Waals surface area (Å²) in [5.74, 6) is -1.64. The zero-order valence-electron chi connectivity index (χ0n) is 20.7. The molecule has 0 aliphatic carbocycles. The van der Waals surface area contributed by atoms with Crippen molar-refractivity contribution in [1.82, 2.24) is 5.32 Å².